The van der Waals surface area contributed by atoms with Crippen molar-refractivity contribution in [2.75, 3.05) is 0 Å². The average molecular weight is 302 g/mol. The summed E-state index contributed by atoms with van der Waals surface area (Å²) in [7, 11) is 0. The fourth-order valence-corrected chi connectivity index (χ4v) is 3.42. The van der Waals surface area contributed by atoms with Gasteiger partial charge < -0.3 is 4.74 Å². The lowest BCUT2D eigenvalue weighted by Crippen LogP contribution is -2.20. The number of esters is 1. The van der Waals surface area contributed by atoms with E-state index in [0.29, 0.717) is 6.42 Å². The van der Waals surface area contributed by atoms with Crippen LogP contribution < -0.4 is 0 Å². The smallest absolute Gasteiger partial charge is 0.310 e. The summed E-state index contributed by atoms with van der Waals surface area (Å²) in [5.41, 5.74) is 2.80. The highest BCUT2D eigenvalue weighted by Gasteiger charge is 2.61. The molecule has 120 valence electrons. The summed E-state index contributed by atoms with van der Waals surface area (Å²) in [4.78, 5) is 24.5. The lowest BCUT2D eigenvalue weighted by Gasteiger charge is -2.13. The number of rotatable bonds is 5. The molecule has 1 saturated carbocycles. The Morgan fingerprint density at radius 3 is 2.59 bits per heavy atom. The van der Waals surface area contributed by atoms with Gasteiger partial charge in [0.05, 0.1) is 12.3 Å². The molecule has 22 heavy (non-hydrogen) atoms. The van der Waals surface area contributed by atoms with E-state index in [1.54, 1.807) is 6.08 Å². The topological polar surface area (TPSA) is 43.4 Å². The Labute approximate surface area is 133 Å². The second kappa shape index (κ2) is 5.86. The Morgan fingerprint density at radius 2 is 2.05 bits per heavy atom. The molecule has 3 atom stereocenters. The van der Waals surface area contributed by atoms with Crippen molar-refractivity contribution in [3.05, 3.63) is 35.5 Å². The molecule has 0 amide bonds. The first kappa shape index (κ1) is 16.7. The molecule has 1 unspecified atom stereocenters. The highest BCUT2D eigenvalue weighted by molar-refractivity contribution is 6.00. The van der Waals surface area contributed by atoms with Crippen molar-refractivity contribution in [1.82, 2.24) is 0 Å². The van der Waals surface area contributed by atoms with Gasteiger partial charge >= 0.3 is 5.97 Å². The zero-order valence-corrected chi connectivity index (χ0v) is 14.2. The summed E-state index contributed by atoms with van der Waals surface area (Å²) in [5.74, 6) is 0.0309. The van der Waals surface area contributed by atoms with Gasteiger partial charge in [0.25, 0.3) is 0 Å². The molecule has 0 aliphatic heterocycles. The van der Waals surface area contributed by atoms with Crippen LogP contribution in [-0.4, -0.2) is 17.9 Å². The van der Waals surface area contributed by atoms with Crippen molar-refractivity contribution >= 4 is 11.8 Å². The minimum absolute atomic E-state index is 0.0570. The predicted octanol–water partition coefficient (Wildman–Crippen LogP) is 4.00. The van der Waals surface area contributed by atoms with Crippen LogP contribution in [0.2, 0.25) is 0 Å². The molecule has 0 saturated heterocycles. The second-order valence-electron chi connectivity index (χ2n) is 7.28. The molecule has 0 heterocycles. The zero-order chi connectivity index (χ0) is 16.7. The van der Waals surface area contributed by atoms with Gasteiger partial charge in [-0.1, -0.05) is 31.6 Å². The summed E-state index contributed by atoms with van der Waals surface area (Å²) in [6, 6.07) is 0. The van der Waals surface area contributed by atoms with Crippen molar-refractivity contribution in [2.24, 2.45) is 17.3 Å². The normalized spacial score (nSPS) is 29.3. The maximum atomic E-state index is 12.5. The summed E-state index contributed by atoms with van der Waals surface area (Å²) < 4.78 is 5.66. The molecule has 2 aliphatic rings. The van der Waals surface area contributed by atoms with Gasteiger partial charge in [-0.25, -0.2) is 0 Å². The van der Waals surface area contributed by atoms with Crippen LogP contribution in [0.25, 0.3) is 0 Å². The number of hydrogen-bond donors (Lipinski definition) is 0. The maximum Gasteiger partial charge on any atom is 0.310 e. The van der Waals surface area contributed by atoms with Crippen LogP contribution in [0.4, 0.5) is 0 Å². The molecule has 0 aromatic heterocycles. The van der Waals surface area contributed by atoms with Crippen LogP contribution in [0.5, 0.6) is 0 Å². The second-order valence-corrected chi connectivity index (χ2v) is 7.28. The molecule has 0 radical (unpaired) electrons. The van der Waals surface area contributed by atoms with E-state index in [2.05, 4.69) is 26.5 Å². The first-order valence-electron chi connectivity index (χ1n) is 7.89. The van der Waals surface area contributed by atoms with Crippen molar-refractivity contribution in [2.45, 2.75) is 53.6 Å². The van der Waals surface area contributed by atoms with E-state index in [0.717, 1.165) is 11.1 Å². The van der Waals surface area contributed by atoms with Gasteiger partial charge in [-0.3, -0.25) is 9.59 Å². The molecule has 0 spiro atoms. The number of ketones is 1. The van der Waals surface area contributed by atoms with Gasteiger partial charge in [-0.15, -0.1) is 6.58 Å². The first-order chi connectivity index (χ1) is 10.2. The summed E-state index contributed by atoms with van der Waals surface area (Å²) in [5, 5.41) is 0. The van der Waals surface area contributed by atoms with Crippen LogP contribution in [0, 0.1) is 17.3 Å². The van der Waals surface area contributed by atoms with E-state index in [-0.39, 0.29) is 35.4 Å². The molecule has 1 fully saturated rings. The van der Waals surface area contributed by atoms with Crippen molar-refractivity contribution < 1.29 is 14.3 Å². The fourth-order valence-electron chi connectivity index (χ4n) is 3.42. The standard InChI is InChI=1S/C19H26O3/c1-7-8-13-12(4)16(10-15(13)20)22-18(21)17-14(9-11(2)3)19(17,5)6/h7,9,14,16-17H,1,8,10H2,2-6H3/t14-,16?,17+/m0/s1. The van der Waals surface area contributed by atoms with E-state index in [9.17, 15) is 9.59 Å². The Balaban J connectivity index is 2.07. The molecule has 0 N–H and O–H groups in total. The number of Topliss-reactive ketones (excluding diaryl/α,β-unsaturated/α-hetero) is 1. The third-order valence-electron chi connectivity index (χ3n) is 4.95. The van der Waals surface area contributed by atoms with Crippen LogP contribution >= 0.6 is 0 Å². The molecule has 3 heteroatoms. The third kappa shape index (κ3) is 2.94. The quantitative estimate of drug-likeness (QED) is 0.569. The Hall–Kier alpha value is -1.64. The van der Waals surface area contributed by atoms with E-state index in [1.807, 2.05) is 20.8 Å². The average Bonchev–Trinajstić information content (AvgIpc) is 2.83. The summed E-state index contributed by atoms with van der Waals surface area (Å²) in [6.45, 7) is 13.8. The van der Waals surface area contributed by atoms with Gasteiger partial charge in [-0.2, -0.15) is 0 Å². The zero-order valence-electron chi connectivity index (χ0n) is 14.2. The van der Waals surface area contributed by atoms with E-state index >= 15 is 0 Å². The number of allylic oxidation sites excluding steroid dienone is 4. The molecule has 2 rings (SSSR count). The van der Waals surface area contributed by atoms with Crippen LogP contribution in [0.15, 0.2) is 35.5 Å². The Morgan fingerprint density at radius 1 is 1.41 bits per heavy atom. The van der Waals surface area contributed by atoms with Crippen LogP contribution in [0.1, 0.15) is 47.5 Å². The van der Waals surface area contributed by atoms with E-state index in [4.69, 9.17) is 4.74 Å². The van der Waals surface area contributed by atoms with E-state index in [1.165, 1.54) is 5.57 Å². The monoisotopic (exact) mass is 302 g/mol. The van der Waals surface area contributed by atoms with Crippen LogP contribution in [-0.2, 0) is 14.3 Å². The summed E-state index contributed by atoms with van der Waals surface area (Å²) >= 11 is 0. The SMILES string of the molecule is C=CCC1=C(C)C(OC(=O)[C@H]2[C@H](C=C(C)C)C2(C)C)CC1=O. The van der Waals surface area contributed by atoms with Gasteiger partial charge in [0.1, 0.15) is 6.10 Å². The fraction of sp³-hybridized carbons (Fsp3) is 0.579. The molecule has 0 bridgehead atoms. The lowest BCUT2D eigenvalue weighted by atomic mass is 10.1. The highest BCUT2D eigenvalue weighted by atomic mass is 16.5. The van der Waals surface area contributed by atoms with Gasteiger partial charge in [-0.05, 0) is 44.1 Å². The Bertz CT molecular complexity index is 573. The molecule has 0 aromatic rings. The lowest BCUT2D eigenvalue weighted by molar-refractivity contribution is -0.150. The number of hydrogen-bond acceptors (Lipinski definition) is 3. The highest BCUT2D eigenvalue weighted by Crippen LogP contribution is 2.60. The minimum Gasteiger partial charge on any atom is -0.457 e. The molecule has 0 aromatic carbocycles. The third-order valence-corrected chi connectivity index (χ3v) is 4.95. The number of carbonyl (C=O) groups excluding carboxylic acids is 2. The largest absolute Gasteiger partial charge is 0.457 e. The van der Waals surface area contributed by atoms with Gasteiger partial charge in [0.15, 0.2) is 5.78 Å². The van der Waals surface area contributed by atoms with Gasteiger partial charge in [0, 0.05) is 5.57 Å². The van der Waals surface area contributed by atoms with Crippen molar-refractivity contribution in [3.63, 3.8) is 0 Å². The molecule has 2 aliphatic carbocycles. The Kier molecular flexibility index (Phi) is 4.46. The summed E-state index contributed by atoms with van der Waals surface area (Å²) in [6.07, 6.45) is 4.31. The van der Waals surface area contributed by atoms with E-state index < -0.39 is 6.10 Å². The predicted molar refractivity (Wildman–Crippen MR) is 87.2 cm³/mol. The molecular weight excluding hydrogens is 276 g/mol. The number of ether oxygens (including phenoxy) is 1. The molecule has 3 nitrogen and oxygen atoms in total. The van der Waals surface area contributed by atoms with Gasteiger partial charge in [0.2, 0.25) is 0 Å². The van der Waals surface area contributed by atoms with Crippen molar-refractivity contribution in [1.29, 1.82) is 0 Å². The van der Waals surface area contributed by atoms with Crippen molar-refractivity contribution in [3.8, 4) is 0 Å². The minimum atomic E-state index is -0.390. The van der Waals surface area contributed by atoms with Crippen LogP contribution in [0.3, 0.4) is 0 Å². The molecular formula is C19H26O3. The number of carbonyl (C=O) groups is 2. The maximum absolute atomic E-state index is 12.5. The first-order valence-corrected chi connectivity index (χ1v) is 7.89.